The molecule has 104 valence electrons. The van der Waals surface area contributed by atoms with Gasteiger partial charge in [0.2, 0.25) is 0 Å². The fourth-order valence-corrected chi connectivity index (χ4v) is 2.66. The number of carboxylic acids is 1. The molecule has 1 atom stereocenters. The second kappa shape index (κ2) is 7.81. The van der Waals surface area contributed by atoms with Gasteiger partial charge in [0.15, 0.2) is 0 Å². The van der Waals surface area contributed by atoms with Gasteiger partial charge < -0.3 is 15.2 Å². The molecule has 2 N–H and O–H groups in total. The summed E-state index contributed by atoms with van der Waals surface area (Å²) in [7, 11) is 3.06. The van der Waals surface area contributed by atoms with Gasteiger partial charge in [0, 0.05) is 16.7 Å². The number of carbonyl (C=O) groups excluding carboxylic acids is 1. The average Bonchev–Trinajstić information content (AvgIpc) is 2.42. The molecule has 0 spiro atoms. The molecule has 1 unspecified atom stereocenters. The third-order valence-corrected chi connectivity index (χ3v) is 3.80. The summed E-state index contributed by atoms with van der Waals surface area (Å²) in [5.74, 6) is -0.667. The van der Waals surface area contributed by atoms with Crippen LogP contribution in [0, 0.1) is 0 Å². The van der Waals surface area contributed by atoms with E-state index in [1.54, 1.807) is 19.2 Å². The Hall–Kier alpha value is -1.53. The quantitative estimate of drug-likeness (QED) is 0.585. The molecule has 6 heteroatoms. The normalized spacial score (nSPS) is 11.9. The Morgan fingerprint density at radius 2 is 2.11 bits per heavy atom. The van der Waals surface area contributed by atoms with Crippen LogP contribution in [0.1, 0.15) is 16.8 Å². The number of rotatable bonds is 7. The third kappa shape index (κ3) is 4.92. The molecular formula is C13H17NO4S. The molecule has 0 bridgehead atoms. The first kappa shape index (κ1) is 15.5. The van der Waals surface area contributed by atoms with E-state index in [0.717, 1.165) is 4.90 Å². The molecule has 0 aliphatic carbocycles. The Labute approximate surface area is 116 Å². The highest BCUT2D eigenvalue weighted by atomic mass is 32.2. The lowest BCUT2D eigenvalue weighted by Crippen LogP contribution is -2.30. The molecule has 0 aliphatic rings. The highest BCUT2D eigenvalue weighted by molar-refractivity contribution is 7.99. The summed E-state index contributed by atoms with van der Waals surface area (Å²) in [4.78, 5) is 23.1. The molecule has 0 heterocycles. The van der Waals surface area contributed by atoms with Gasteiger partial charge in [-0.2, -0.15) is 0 Å². The predicted molar refractivity (Wildman–Crippen MR) is 73.6 cm³/mol. The van der Waals surface area contributed by atoms with Gasteiger partial charge >= 0.3 is 11.9 Å². The van der Waals surface area contributed by atoms with Gasteiger partial charge in [0.25, 0.3) is 0 Å². The van der Waals surface area contributed by atoms with Crippen molar-refractivity contribution in [1.82, 2.24) is 5.32 Å². The Kier molecular flexibility index (Phi) is 6.38. The van der Waals surface area contributed by atoms with Gasteiger partial charge in [-0.3, -0.25) is 4.79 Å². The lowest BCUT2D eigenvalue weighted by atomic mass is 10.2. The standard InChI is InChI=1S/C13H17NO4S/c1-14-9(7-12(15)16)8-19-11-6-4-3-5-10(11)13(17)18-2/h3-6,9,14H,7-8H2,1-2H3,(H,15,16). The van der Waals surface area contributed by atoms with Crippen LogP contribution < -0.4 is 5.32 Å². The van der Waals surface area contributed by atoms with Crippen LogP contribution in [0.3, 0.4) is 0 Å². The van der Waals surface area contributed by atoms with Crippen molar-refractivity contribution < 1.29 is 19.4 Å². The zero-order chi connectivity index (χ0) is 14.3. The molecule has 0 saturated heterocycles. The minimum Gasteiger partial charge on any atom is -0.481 e. The predicted octanol–water partition coefficient (Wildman–Crippen LogP) is 1.63. The van der Waals surface area contributed by atoms with Crippen LogP contribution in [0.4, 0.5) is 0 Å². The number of carboxylic acid groups (broad SMARTS) is 1. The highest BCUT2D eigenvalue weighted by Gasteiger charge is 2.15. The van der Waals surface area contributed by atoms with Crippen molar-refractivity contribution in [2.24, 2.45) is 0 Å². The molecule has 0 amide bonds. The molecular weight excluding hydrogens is 266 g/mol. The van der Waals surface area contributed by atoms with E-state index in [0.29, 0.717) is 11.3 Å². The van der Waals surface area contributed by atoms with Gasteiger partial charge in [-0.15, -0.1) is 11.8 Å². The van der Waals surface area contributed by atoms with Gasteiger partial charge in [0.05, 0.1) is 19.1 Å². The fourth-order valence-electron chi connectivity index (χ4n) is 1.52. The summed E-state index contributed by atoms with van der Waals surface area (Å²) < 4.78 is 4.71. The Bertz CT molecular complexity index is 450. The number of thioether (sulfide) groups is 1. The van der Waals surface area contributed by atoms with Crippen molar-refractivity contribution in [2.75, 3.05) is 19.9 Å². The summed E-state index contributed by atoms with van der Waals surface area (Å²) >= 11 is 1.44. The van der Waals surface area contributed by atoms with Crippen molar-refractivity contribution in [3.8, 4) is 0 Å². The summed E-state index contributed by atoms with van der Waals surface area (Å²) in [6, 6.07) is 6.97. The van der Waals surface area contributed by atoms with Crippen LogP contribution in [0.15, 0.2) is 29.2 Å². The monoisotopic (exact) mass is 283 g/mol. The maximum Gasteiger partial charge on any atom is 0.338 e. The lowest BCUT2D eigenvalue weighted by molar-refractivity contribution is -0.137. The Morgan fingerprint density at radius 1 is 1.42 bits per heavy atom. The topological polar surface area (TPSA) is 75.6 Å². The summed E-state index contributed by atoms with van der Waals surface area (Å²) in [6.45, 7) is 0. The average molecular weight is 283 g/mol. The Balaban J connectivity index is 2.71. The molecule has 1 aromatic rings. The number of ether oxygens (including phenoxy) is 1. The van der Waals surface area contributed by atoms with Crippen molar-refractivity contribution in [3.05, 3.63) is 29.8 Å². The molecule has 1 rings (SSSR count). The minimum atomic E-state index is -0.846. The van der Waals surface area contributed by atoms with E-state index in [2.05, 4.69) is 5.32 Å². The molecule has 0 aromatic heterocycles. The fraction of sp³-hybridized carbons (Fsp3) is 0.385. The van der Waals surface area contributed by atoms with E-state index in [4.69, 9.17) is 9.84 Å². The van der Waals surface area contributed by atoms with Crippen LogP contribution in [0.25, 0.3) is 0 Å². The van der Waals surface area contributed by atoms with E-state index in [1.807, 2.05) is 12.1 Å². The number of aliphatic carboxylic acids is 1. The number of esters is 1. The SMILES string of the molecule is CNC(CSc1ccccc1C(=O)OC)CC(=O)O. The van der Waals surface area contributed by atoms with E-state index < -0.39 is 5.97 Å². The first-order valence-electron chi connectivity index (χ1n) is 5.77. The van der Waals surface area contributed by atoms with Crippen molar-refractivity contribution in [1.29, 1.82) is 0 Å². The van der Waals surface area contributed by atoms with Crippen LogP contribution in [0.5, 0.6) is 0 Å². The molecule has 0 fully saturated rings. The largest absolute Gasteiger partial charge is 0.481 e. The zero-order valence-electron chi connectivity index (χ0n) is 10.9. The smallest absolute Gasteiger partial charge is 0.338 e. The van der Waals surface area contributed by atoms with Gasteiger partial charge in [-0.05, 0) is 19.2 Å². The number of carbonyl (C=O) groups is 2. The first-order valence-corrected chi connectivity index (χ1v) is 6.76. The molecule has 0 saturated carbocycles. The van der Waals surface area contributed by atoms with Crippen LogP contribution in [-0.4, -0.2) is 43.0 Å². The van der Waals surface area contributed by atoms with Gasteiger partial charge in [-0.25, -0.2) is 4.79 Å². The van der Waals surface area contributed by atoms with Crippen LogP contribution in [0.2, 0.25) is 0 Å². The minimum absolute atomic E-state index is 0.0455. The highest BCUT2D eigenvalue weighted by Crippen LogP contribution is 2.24. The van der Waals surface area contributed by atoms with Gasteiger partial charge in [-0.1, -0.05) is 12.1 Å². The summed E-state index contributed by atoms with van der Waals surface area (Å²) in [5, 5.41) is 11.7. The molecule has 0 radical (unpaired) electrons. The lowest BCUT2D eigenvalue weighted by Gasteiger charge is -2.14. The van der Waals surface area contributed by atoms with Gasteiger partial charge in [0.1, 0.15) is 0 Å². The molecule has 0 aliphatic heterocycles. The molecule has 1 aromatic carbocycles. The second-order valence-corrected chi connectivity index (χ2v) is 4.94. The van der Waals surface area contributed by atoms with Crippen LogP contribution >= 0.6 is 11.8 Å². The number of hydrogen-bond acceptors (Lipinski definition) is 5. The summed E-state index contributed by atoms with van der Waals surface area (Å²) in [5.41, 5.74) is 0.500. The molecule has 5 nitrogen and oxygen atoms in total. The van der Waals surface area contributed by atoms with E-state index in [-0.39, 0.29) is 18.4 Å². The maximum absolute atomic E-state index is 11.6. The number of benzene rings is 1. The van der Waals surface area contributed by atoms with Crippen molar-refractivity contribution >= 4 is 23.7 Å². The van der Waals surface area contributed by atoms with Crippen LogP contribution in [-0.2, 0) is 9.53 Å². The first-order chi connectivity index (χ1) is 9.08. The van der Waals surface area contributed by atoms with E-state index in [9.17, 15) is 9.59 Å². The van der Waals surface area contributed by atoms with E-state index >= 15 is 0 Å². The second-order valence-electron chi connectivity index (χ2n) is 3.88. The van der Waals surface area contributed by atoms with E-state index in [1.165, 1.54) is 18.9 Å². The maximum atomic E-state index is 11.6. The number of hydrogen-bond donors (Lipinski definition) is 2. The number of nitrogens with one attached hydrogen (secondary N) is 1. The summed E-state index contributed by atoms with van der Waals surface area (Å²) in [6.07, 6.45) is 0.0455. The van der Waals surface area contributed by atoms with Crippen molar-refractivity contribution in [2.45, 2.75) is 17.4 Å². The van der Waals surface area contributed by atoms with Crippen molar-refractivity contribution in [3.63, 3.8) is 0 Å². The Morgan fingerprint density at radius 3 is 2.68 bits per heavy atom. The molecule has 19 heavy (non-hydrogen) atoms. The third-order valence-electron chi connectivity index (χ3n) is 2.56. The zero-order valence-corrected chi connectivity index (χ0v) is 11.7. The number of methoxy groups -OCH3 is 1.